The molecule has 62 valence electrons. The molecule has 0 saturated carbocycles. The predicted molar refractivity (Wildman–Crippen MR) is 55.2 cm³/mol. The van der Waals surface area contributed by atoms with Gasteiger partial charge in [-0.3, -0.25) is 0 Å². The summed E-state index contributed by atoms with van der Waals surface area (Å²) >= 11 is 7.31. The third kappa shape index (κ3) is 5.72. The monoisotopic (exact) mass is 270 g/mol. The lowest BCUT2D eigenvalue weighted by Gasteiger charge is -2.28. The molecular weight excluding hydrogens is 256 g/mol. The molecule has 0 aromatic rings. The summed E-state index contributed by atoms with van der Waals surface area (Å²) in [5, 5.41) is 0. The summed E-state index contributed by atoms with van der Waals surface area (Å²) in [5.41, 5.74) is 0. The van der Waals surface area contributed by atoms with Gasteiger partial charge in [-0.15, -0.1) is 0 Å². The van der Waals surface area contributed by atoms with Crippen LogP contribution in [0, 0.1) is 0 Å². The van der Waals surface area contributed by atoms with E-state index in [1.807, 2.05) is 0 Å². The maximum absolute atomic E-state index is 3.69. The topological polar surface area (TPSA) is 0 Å². The molecule has 2 heteroatoms. The van der Waals surface area contributed by atoms with E-state index in [0.717, 1.165) is 6.42 Å². The average molecular weight is 272 g/mol. The minimum absolute atomic E-state index is 0.251. The minimum atomic E-state index is 0.251. The van der Waals surface area contributed by atoms with Crippen LogP contribution >= 0.6 is 31.9 Å². The lowest BCUT2D eigenvalue weighted by molar-refractivity contribution is 0.513. The van der Waals surface area contributed by atoms with Gasteiger partial charge in [0.25, 0.3) is 0 Å². The standard InChI is InChI=1S/C8H16Br2/c1-5-8(4,10)6-7(2,3)9/h5-6H2,1-4H3. The Morgan fingerprint density at radius 3 is 1.60 bits per heavy atom. The molecule has 0 fully saturated rings. The van der Waals surface area contributed by atoms with Crippen molar-refractivity contribution in [3.05, 3.63) is 0 Å². The Hall–Kier alpha value is 0.960. The fraction of sp³-hybridized carbons (Fsp3) is 1.00. The lowest BCUT2D eigenvalue weighted by atomic mass is 9.96. The van der Waals surface area contributed by atoms with Crippen molar-refractivity contribution in [2.24, 2.45) is 0 Å². The molecule has 0 saturated heterocycles. The Morgan fingerprint density at radius 2 is 1.50 bits per heavy atom. The number of hydrogen-bond acceptors (Lipinski definition) is 0. The number of halogens is 2. The van der Waals surface area contributed by atoms with E-state index in [4.69, 9.17) is 0 Å². The second-order valence-corrected chi connectivity index (χ2v) is 7.72. The highest BCUT2D eigenvalue weighted by atomic mass is 79.9. The highest BCUT2D eigenvalue weighted by Crippen LogP contribution is 2.35. The van der Waals surface area contributed by atoms with E-state index < -0.39 is 0 Å². The summed E-state index contributed by atoms with van der Waals surface area (Å²) in [6.07, 6.45) is 2.32. The van der Waals surface area contributed by atoms with Gasteiger partial charge in [0, 0.05) is 8.65 Å². The lowest BCUT2D eigenvalue weighted by Crippen LogP contribution is -2.25. The predicted octanol–water partition coefficient (Wildman–Crippen LogP) is 4.11. The SMILES string of the molecule is CCC(C)(Br)CC(C)(C)Br. The van der Waals surface area contributed by atoms with Crippen LogP contribution in [0.3, 0.4) is 0 Å². The molecule has 0 aromatic heterocycles. The van der Waals surface area contributed by atoms with Crippen molar-refractivity contribution in [3.63, 3.8) is 0 Å². The van der Waals surface area contributed by atoms with Gasteiger partial charge in [0.05, 0.1) is 0 Å². The second-order valence-electron chi connectivity index (χ2n) is 3.66. The summed E-state index contributed by atoms with van der Waals surface area (Å²) in [6, 6.07) is 0. The van der Waals surface area contributed by atoms with E-state index in [1.165, 1.54) is 6.42 Å². The zero-order valence-electron chi connectivity index (χ0n) is 7.17. The first-order chi connectivity index (χ1) is 4.27. The Kier molecular flexibility index (Phi) is 3.92. The smallest absolute Gasteiger partial charge is 0.0240 e. The van der Waals surface area contributed by atoms with E-state index in [9.17, 15) is 0 Å². The molecule has 0 amide bonds. The fourth-order valence-electron chi connectivity index (χ4n) is 1.00. The molecule has 0 aliphatic heterocycles. The Labute approximate surface area is 81.0 Å². The van der Waals surface area contributed by atoms with Crippen LogP contribution < -0.4 is 0 Å². The molecule has 0 rings (SSSR count). The zero-order valence-corrected chi connectivity index (χ0v) is 10.3. The van der Waals surface area contributed by atoms with Crippen LogP contribution in [0.5, 0.6) is 0 Å². The van der Waals surface area contributed by atoms with Crippen molar-refractivity contribution in [1.29, 1.82) is 0 Å². The van der Waals surface area contributed by atoms with E-state index in [2.05, 4.69) is 59.6 Å². The van der Waals surface area contributed by atoms with Crippen LogP contribution in [0.15, 0.2) is 0 Å². The van der Waals surface area contributed by atoms with Gasteiger partial charge in [0.2, 0.25) is 0 Å². The van der Waals surface area contributed by atoms with Gasteiger partial charge < -0.3 is 0 Å². The Balaban J connectivity index is 3.89. The summed E-state index contributed by atoms with van der Waals surface area (Å²) < 4.78 is 0.543. The minimum Gasteiger partial charge on any atom is -0.0859 e. The molecule has 0 radical (unpaired) electrons. The van der Waals surface area contributed by atoms with Crippen LogP contribution in [0.25, 0.3) is 0 Å². The molecule has 0 N–H and O–H groups in total. The van der Waals surface area contributed by atoms with Crippen molar-refractivity contribution >= 4 is 31.9 Å². The third-order valence-electron chi connectivity index (χ3n) is 1.53. The summed E-state index contributed by atoms with van der Waals surface area (Å²) in [7, 11) is 0. The first kappa shape index (κ1) is 11.0. The molecule has 0 bridgehead atoms. The maximum atomic E-state index is 3.69. The van der Waals surface area contributed by atoms with Crippen LogP contribution in [0.4, 0.5) is 0 Å². The van der Waals surface area contributed by atoms with E-state index in [0.29, 0.717) is 4.32 Å². The number of alkyl halides is 2. The zero-order chi connectivity index (χ0) is 8.41. The third-order valence-corrected chi connectivity index (χ3v) is 2.65. The molecule has 10 heavy (non-hydrogen) atoms. The number of rotatable bonds is 3. The van der Waals surface area contributed by atoms with Crippen molar-refractivity contribution in [2.45, 2.75) is 49.2 Å². The first-order valence-electron chi connectivity index (χ1n) is 3.65. The normalized spacial score (nSPS) is 18.6. The molecule has 0 aliphatic rings. The van der Waals surface area contributed by atoms with E-state index in [-0.39, 0.29) is 4.32 Å². The van der Waals surface area contributed by atoms with Gasteiger partial charge in [0.1, 0.15) is 0 Å². The Morgan fingerprint density at radius 1 is 1.10 bits per heavy atom. The van der Waals surface area contributed by atoms with Gasteiger partial charge in [0.15, 0.2) is 0 Å². The molecular formula is C8H16Br2. The van der Waals surface area contributed by atoms with Gasteiger partial charge in [-0.2, -0.15) is 0 Å². The highest BCUT2D eigenvalue weighted by Gasteiger charge is 2.26. The van der Waals surface area contributed by atoms with Gasteiger partial charge >= 0.3 is 0 Å². The molecule has 0 spiro atoms. The second kappa shape index (κ2) is 3.57. The molecule has 1 unspecified atom stereocenters. The van der Waals surface area contributed by atoms with Crippen LogP contribution in [0.1, 0.15) is 40.5 Å². The molecule has 0 aliphatic carbocycles. The van der Waals surface area contributed by atoms with E-state index in [1.54, 1.807) is 0 Å². The largest absolute Gasteiger partial charge is 0.0859 e. The highest BCUT2D eigenvalue weighted by molar-refractivity contribution is 9.10. The quantitative estimate of drug-likeness (QED) is 0.678. The average Bonchev–Trinajstić information content (AvgIpc) is 1.60. The van der Waals surface area contributed by atoms with Crippen LogP contribution in [0.2, 0.25) is 0 Å². The molecule has 0 heterocycles. The molecule has 0 nitrogen and oxygen atoms in total. The Bertz CT molecular complexity index is 100. The molecule has 1 atom stereocenters. The van der Waals surface area contributed by atoms with Crippen molar-refractivity contribution in [3.8, 4) is 0 Å². The summed E-state index contributed by atoms with van der Waals surface area (Å²) in [5.74, 6) is 0. The molecule has 0 aromatic carbocycles. The van der Waals surface area contributed by atoms with Crippen LogP contribution in [-0.4, -0.2) is 8.65 Å². The number of hydrogen-bond donors (Lipinski definition) is 0. The summed E-state index contributed by atoms with van der Waals surface area (Å²) in [6.45, 7) is 8.83. The van der Waals surface area contributed by atoms with Gasteiger partial charge in [-0.25, -0.2) is 0 Å². The maximum Gasteiger partial charge on any atom is 0.0240 e. The van der Waals surface area contributed by atoms with Gasteiger partial charge in [-0.05, 0) is 19.8 Å². The first-order valence-corrected chi connectivity index (χ1v) is 5.23. The van der Waals surface area contributed by atoms with Crippen molar-refractivity contribution in [1.82, 2.24) is 0 Å². The van der Waals surface area contributed by atoms with Crippen LogP contribution in [-0.2, 0) is 0 Å². The fourth-order valence-corrected chi connectivity index (χ4v) is 2.70. The van der Waals surface area contributed by atoms with Gasteiger partial charge in [-0.1, -0.05) is 52.6 Å². The van der Waals surface area contributed by atoms with Crippen molar-refractivity contribution in [2.75, 3.05) is 0 Å². The van der Waals surface area contributed by atoms with E-state index >= 15 is 0 Å². The van der Waals surface area contributed by atoms with Crippen molar-refractivity contribution < 1.29 is 0 Å². The summed E-state index contributed by atoms with van der Waals surface area (Å²) in [4.78, 5) is 0.